The largest absolute Gasteiger partial charge is 0.461 e. The number of esters is 1. The summed E-state index contributed by atoms with van der Waals surface area (Å²) in [6.45, 7) is 2.19. The van der Waals surface area contributed by atoms with E-state index in [2.05, 4.69) is 10.3 Å². The molecular weight excluding hydrogens is 294 g/mol. The molecule has 0 aliphatic carbocycles. The van der Waals surface area contributed by atoms with Crippen molar-refractivity contribution in [2.45, 2.75) is 13.5 Å². The molecule has 0 radical (unpaired) electrons. The summed E-state index contributed by atoms with van der Waals surface area (Å²) in [5.41, 5.74) is 1.87. The van der Waals surface area contributed by atoms with Crippen molar-refractivity contribution in [2.24, 2.45) is 0 Å². The molecule has 2 aromatic rings. The smallest absolute Gasteiger partial charge is 0.358 e. The monoisotopic (exact) mass is 305 g/mol. The van der Waals surface area contributed by atoms with Gasteiger partial charge in [0.2, 0.25) is 0 Å². The third-order valence-corrected chi connectivity index (χ3v) is 3.45. The van der Waals surface area contributed by atoms with Gasteiger partial charge in [-0.1, -0.05) is 11.6 Å². The molecule has 6 nitrogen and oxygen atoms in total. The number of ether oxygens (including phenoxy) is 1. The number of aromatic nitrogens is 2. The molecular formula is C14H12ClN3O3. The van der Waals surface area contributed by atoms with Gasteiger partial charge in [-0.05, 0) is 25.1 Å². The van der Waals surface area contributed by atoms with Crippen LogP contribution in [0.5, 0.6) is 0 Å². The number of halogens is 1. The van der Waals surface area contributed by atoms with Crippen LogP contribution in [0.2, 0.25) is 5.02 Å². The molecule has 1 aliphatic rings. The second-order valence-electron chi connectivity index (χ2n) is 4.47. The molecule has 0 atom stereocenters. The van der Waals surface area contributed by atoms with E-state index in [1.54, 1.807) is 29.7 Å². The molecule has 2 heterocycles. The average molecular weight is 306 g/mol. The zero-order chi connectivity index (χ0) is 15.0. The van der Waals surface area contributed by atoms with Gasteiger partial charge in [0.25, 0.3) is 5.91 Å². The van der Waals surface area contributed by atoms with Crippen molar-refractivity contribution in [2.75, 3.05) is 6.61 Å². The Bertz CT molecular complexity index is 739. The van der Waals surface area contributed by atoms with Crippen LogP contribution in [0.4, 0.5) is 0 Å². The quantitative estimate of drug-likeness (QED) is 0.861. The molecule has 0 spiro atoms. The number of carbonyl (C=O) groups excluding carboxylic acids is 2. The minimum Gasteiger partial charge on any atom is -0.461 e. The van der Waals surface area contributed by atoms with Crippen LogP contribution < -0.4 is 5.32 Å². The van der Waals surface area contributed by atoms with Gasteiger partial charge in [-0.2, -0.15) is 0 Å². The Morgan fingerprint density at radius 2 is 2.33 bits per heavy atom. The summed E-state index contributed by atoms with van der Waals surface area (Å²) in [5, 5.41) is 3.21. The molecule has 1 N–H and O–H groups in total. The van der Waals surface area contributed by atoms with Crippen LogP contribution in [-0.2, 0) is 11.3 Å². The molecule has 0 saturated carbocycles. The standard InChI is InChI=1S/C14H12ClN3O3/c1-2-21-14(20)12-11-6-16-13(19)9-5-8(15)3-4-10(9)18(11)7-17-12/h3-5,7H,2,6H2,1H3,(H,16,19). The van der Waals surface area contributed by atoms with Crippen molar-refractivity contribution in [1.29, 1.82) is 0 Å². The summed E-state index contributed by atoms with van der Waals surface area (Å²) >= 11 is 5.94. The number of carbonyl (C=O) groups is 2. The number of hydrogen-bond donors (Lipinski definition) is 1. The predicted octanol–water partition coefficient (Wildman–Crippen LogP) is 1.95. The Labute approximate surface area is 125 Å². The molecule has 0 fully saturated rings. The highest BCUT2D eigenvalue weighted by Gasteiger charge is 2.25. The summed E-state index contributed by atoms with van der Waals surface area (Å²) < 4.78 is 6.68. The van der Waals surface area contributed by atoms with Gasteiger partial charge in [0.15, 0.2) is 5.69 Å². The Morgan fingerprint density at radius 1 is 1.52 bits per heavy atom. The number of imidazole rings is 1. The lowest BCUT2D eigenvalue weighted by Gasteiger charge is -2.07. The number of amides is 1. The van der Waals surface area contributed by atoms with Crippen LogP contribution in [0.15, 0.2) is 24.5 Å². The van der Waals surface area contributed by atoms with Crippen LogP contribution >= 0.6 is 11.6 Å². The van der Waals surface area contributed by atoms with E-state index in [1.165, 1.54) is 6.33 Å². The molecule has 3 rings (SSSR count). The van der Waals surface area contributed by atoms with Crippen LogP contribution in [0, 0.1) is 0 Å². The summed E-state index contributed by atoms with van der Waals surface area (Å²) in [4.78, 5) is 28.1. The second kappa shape index (κ2) is 5.21. The maximum atomic E-state index is 12.1. The summed E-state index contributed by atoms with van der Waals surface area (Å²) in [7, 11) is 0. The van der Waals surface area contributed by atoms with Crippen LogP contribution in [0.1, 0.15) is 33.5 Å². The SMILES string of the molecule is CCOC(=O)c1ncn2c1CNC(=O)c1cc(Cl)ccc1-2. The van der Waals surface area contributed by atoms with E-state index in [0.717, 1.165) is 0 Å². The lowest BCUT2D eigenvalue weighted by Crippen LogP contribution is -2.22. The number of nitrogens with zero attached hydrogens (tertiary/aromatic N) is 2. The fourth-order valence-corrected chi connectivity index (χ4v) is 2.45. The fourth-order valence-electron chi connectivity index (χ4n) is 2.28. The molecule has 0 saturated heterocycles. The van der Waals surface area contributed by atoms with Gasteiger partial charge in [-0.15, -0.1) is 0 Å². The number of hydrogen-bond acceptors (Lipinski definition) is 4. The van der Waals surface area contributed by atoms with E-state index in [0.29, 0.717) is 22.0 Å². The molecule has 0 unspecified atom stereocenters. The Hall–Kier alpha value is -2.34. The van der Waals surface area contributed by atoms with Gasteiger partial charge in [0, 0.05) is 5.02 Å². The van der Waals surface area contributed by atoms with E-state index < -0.39 is 5.97 Å². The van der Waals surface area contributed by atoms with Gasteiger partial charge in [0.05, 0.1) is 30.1 Å². The maximum Gasteiger partial charge on any atom is 0.358 e. The van der Waals surface area contributed by atoms with Crippen molar-refractivity contribution in [3.05, 3.63) is 46.5 Å². The number of fused-ring (bicyclic) bond motifs is 3. The van der Waals surface area contributed by atoms with Crippen LogP contribution in [0.3, 0.4) is 0 Å². The first-order valence-electron chi connectivity index (χ1n) is 6.43. The molecule has 1 amide bonds. The molecule has 1 aliphatic heterocycles. The normalized spacial score (nSPS) is 13.0. The second-order valence-corrected chi connectivity index (χ2v) is 4.91. The van der Waals surface area contributed by atoms with Crippen molar-refractivity contribution in [3.8, 4) is 5.69 Å². The van der Waals surface area contributed by atoms with E-state index in [9.17, 15) is 9.59 Å². The molecule has 108 valence electrons. The summed E-state index contributed by atoms with van der Waals surface area (Å²) in [6, 6.07) is 5.00. The Balaban J connectivity index is 2.15. The van der Waals surface area contributed by atoms with E-state index in [1.807, 2.05) is 0 Å². The summed E-state index contributed by atoms with van der Waals surface area (Å²) in [6.07, 6.45) is 1.51. The lowest BCUT2D eigenvalue weighted by molar-refractivity contribution is 0.0518. The summed E-state index contributed by atoms with van der Waals surface area (Å²) in [5.74, 6) is -0.746. The first kappa shape index (κ1) is 13.6. The molecule has 1 aromatic carbocycles. The Kier molecular flexibility index (Phi) is 3.39. The first-order valence-corrected chi connectivity index (χ1v) is 6.81. The van der Waals surface area contributed by atoms with Crippen molar-refractivity contribution in [3.63, 3.8) is 0 Å². The number of nitrogens with one attached hydrogen (secondary N) is 1. The van der Waals surface area contributed by atoms with Crippen molar-refractivity contribution in [1.82, 2.24) is 14.9 Å². The topological polar surface area (TPSA) is 73.2 Å². The highest BCUT2D eigenvalue weighted by Crippen LogP contribution is 2.25. The molecule has 7 heteroatoms. The highest BCUT2D eigenvalue weighted by molar-refractivity contribution is 6.31. The molecule has 0 bridgehead atoms. The number of benzene rings is 1. The third-order valence-electron chi connectivity index (χ3n) is 3.21. The van der Waals surface area contributed by atoms with Gasteiger partial charge < -0.3 is 10.1 Å². The average Bonchev–Trinajstić information content (AvgIpc) is 2.83. The predicted molar refractivity (Wildman–Crippen MR) is 75.7 cm³/mol. The fraction of sp³-hybridized carbons (Fsp3) is 0.214. The van der Waals surface area contributed by atoms with E-state index in [4.69, 9.17) is 16.3 Å². The lowest BCUT2D eigenvalue weighted by atomic mass is 10.1. The minimum absolute atomic E-state index is 0.194. The van der Waals surface area contributed by atoms with Gasteiger partial charge in [-0.3, -0.25) is 9.36 Å². The van der Waals surface area contributed by atoms with Gasteiger partial charge >= 0.3 is 5.97 Å². The zero-order valence-electron chi connectivity index (χ0n) is 11.2. The Morgan fingerprint density at radius 3 is 3.10 bits per heavy atom. The van der Waals surface area contributed by atoms with Crippen LogP contribution in [-0.4, -0.2) is 28.0 Å². The van der Waals surface area contributed by atoms with Crippen molar-refractivity contribution >= 4 is 23.5 Å². The third kappa shape index (κ3) is 2.27. The van der Waals surface area contributed by atoms with E-state index in [-0.39, 0.29) is 24.8 Å². The zero-order valence-corrected chi connectivity index (χ0v) is 12.0. The molecule has 1 aromatic heterocycles. The first-order chi connectivity index (χ1) is 10.1. The van der Waals surface area contributed by atoms with Gasteiger partial charge in [-0.25, -0.2) is 9.78 Å². The van der Waals surface area contributed by atoms with Crippen molar-refractivity contribution < 1.29 is 14.3 Å². The molecule has 21 heavy (non-hydrogen) atoms. The number of rotatable bonds is 2. The van der Waals surface area contributed by atoms with E-state index >= 15 is 0 Å². The van der Waals surface area contributed by atoms with Gasteiger partial charge in [0.1, 0.15) is 6.33 Å². The highest BCUT2D eigenvalue weighted by atomic mass is 35.5. The maximum absolute atomic E-state index is 12.1. The minimum atomic E-state index is -0.502. The van der Waals surface area contributed by atoms with Crippen LogP contribution in [0.25, 0.3) is 5.69 Å².